The van der Waals surface area contributed by atoms with Gasteiger partial charge in [0.1, 0.15) is 5.04 Å². The minimum absolute atomic E-state index is 0.442. The zero-order valence-corrected chi connectivity index (χ0v) is 9.56. The van der Waals surface area contributed by atoms with E-state index in [1.807, 2.05) is 18.0 Å². The summed E-state index contributed by atoms with van der Waals surface area (Å²) in [6.07, 6.45) is 1.91. The Morgan fingerprint density at radius 3 is 2.79 bits per heavy atom. The summed E-state index contributed by atoms with van der Waals surface area (Å²) in [4.78, 5) is 9.01. The van der Waals surface area contributed by atoms with Crippen LogP contribution in [0.2, 0.25) is 0 Å². The van der Waals surface area contributed by atoms with E-state index < -0.39 is 0 Å². The van der Waals surface area contributed by atoms with Crippen molar-refractivity contribution in [3.05, 3.63) is 29.1 Å². The van der Waals surface area contributed by atoms with E-state index in [9.17, 15) is 0 Å². The van der Waals surface area contributed by atoms with Crippen LogP contribution in [0.3, 0.4) is 0 Å². The van der Waals surface area contributed by atoms with Crippen molar-refractivity contribution in [1.82, 2.24) is 4.98 Å². The maximum absolute atomic E-state index is 4.57. The average molecular weight is 206 g/mol. The van der Waals surface area contributed by atoms with Gasteiger partial charge in [-0.25, -0.2) is 0 Å². The molecule has 0 radical (unpaired) electrons. The van der Waals surface area contributed by atoms with Crippen molar-refractivity contribution < 1.29 is 0 Å². The fourth-order valence-corrected chi connectivity index (χ4v) is 2.62. The summed E-state index contributed by atoms with van der Waals surface area (Å²) in [5, 5.41) is 1.11. The van der Waals surface area contributed by atoms with Gasteiger partial charge in [-0.1, -0.05) is 6.07 Å². The molecule has 0 amide bonds. The Hall–Kier alpha value is -0.830. The molecular formula is C11H14N2S. The summed E-state index contributed by atoms with van der Waals surface area (Å²) in [7, 11) is 0. The molecule has 1 aromatic heterocycles. The molecule has 0 saturated carbocycles. The van der Waals surface area contributed by atoms with Crippen LogP contribution < -0.4 is 0 Å². The Labute approximate surface area is 88.9 Å². The normalized spacial score (nSPS) is 21.1. The van der Waals surface area contributed by atoms with Crippen molar-refractivity contribution >= 4 is 16.8 Å². The molecule has 0 bridgehead atoms. The zero-order chi connectivity index (χ0) is 10.1. The fraction of sp³-hybridized carbons (Fsp3) is 0.455. The SMILES string of the molecule is Cc1cnc(C2=N[C@H](C)CS2)c(C)c1. The first-order valence-electron chi connectivity index (χ1n) is 4.81. The van der Waals surface area contributed by atoms with E-state index in [0.29, 0.717) is 6.04 Å². The number of hydrogen-bond donors (Lipinski definition) is 0. The number of pyridine rings is 1. The summed E-state index contributed by atoms with van der Waals surface area (Å²) < 4.78 is 0. The number of nitrogens with zero attached hydrogens (tertiary/aromatic N) is 2. The van der Waals surface area contributed by atoms with Crippen LogP contribution in [-0.2, 0) is 0 Å². The minimum Gasteiger partial charge on any atom is -0.272 e. The van der Waals surface area contributed by atoms with E-state index >= 15 is 0 Å². The quantitative estimate of drug-likeness (QED) is 0.705. The highest BCUT2D eigenvalue weighted by molar-refractivity contribution is 8.14. The molecule has 2 nitrogen and oxygen atoms in total. The van der Waals surface area contributed by atoms with Crippen LogP contribution in [0.5, 0.6) is 0 Å². The van der Waals surface area contributed by atoms with E-state index in [2.05, 4.69) is 36.8 Å². The number of aryl methyl sites for hydroxylation is 2. The van der Waals surface area contributed by atoms with Crippen molar-refractivity contribution in [3.8, 4) is 0 Å². The molecule has 0 saturated heterocycles. The van der Waals surface area contributed by atoms with Gasteiger partial charge < -0.3 is 0 Å². The largest absolute Gasteiger partial charge is 0.272 e. The van der Waals surface area contributed by atoms with Gasteiger partial charge in [0, 0.05) is 11.9 Å². The first kappa shape index (κ1) is 9.71. The summed E-state index contributed by atoms with van der Waals surface area (Å²) in [6, 6.07) is 2.60. The van der Waals surface area contributed by atoms with E-state index in [-0.39, 0.29) is 0 Å². The lowest BCUT2D eigenvalue weighted by atomic mass is 10.2. The number of aliphatic imine (C=N–C) groups is 1. The lowest BCUT2D eigenvalue weighted by Crippen LogP contribution is -2.00. The van der Waals surface area contributed by atoms with Crippen LogP contribution in [0.25, 0.3) is 0 Å². The molecule has 2 heterocycles. The van der Waals surface area contributed by atoms with Crippen LogP contribution in [0.4, 0.5) is 0 Å². The van der Waals surface area contributed by atoms with Gasteiger partial charge in [0.2, 0.25) is 0 Å². The highest BCUT2D eigenvalue weighted by atomic mass is 32.2. The summed E-state index contributed by atoms with van der Waals surface area (Å²) in [5.41, 5.74) is 3.50. The van der Waals surface area contributed by atoms with Gasteiger partial charge >= 0.3 is 0 Å². The molecule has 3 heteroatoms. The second-order valence-corrected chi connectivity index (χ2v) is 4.78. The summed E-state index contributed by atoms with van der Waals surface area (Å²) in [5.74, 6) is 1.09. The van der Waals surface area contributed by atoms with E-state index in [0.717, 1.165) is 16.5 Å². The third-order valence-electron chi connectivity index (χ3n) is 2.22. The van der Waals surface area contributed by atoms with Gasteiger partial charge in [0.05, 0.1) is 11.7 Å². The van der Waals surface area contributed by atoms with Crippen LogP contribution in [0, 0.1) is 13.8 Å². The monoisotopic (exact) mass is 206 g/mol. The van der Waals surface area contributed by atoms with E-state index in [4.69, 9.17) is 0 Å². The highest BCUT2D eigenvalue weighted by Gasteiger charge is 2.17. The Kier molecular flexibility index (Phi) is 2.59. The lowest BCUT2D eigenvalue weighted by molar-refractivity contribution is 0.864. The molecule has 0 aliphatic carbocycles. The first-order valence-corrected chi connectivity index (χ1v) is 5.79. The molecule has 1 atom stereocenters. The minimum atomic E-state index is 0.442. The molecule has 0 N–H and O–H groups in total. The van der Waals surface area contributed by atoms with Gasteiger partial charge in [0.25, 0.3) is 0 Å². The molecule has 0 unspecified atom stereocenters. The van der Waals surface area contributed by atoms with Crippen molar-refractivity contribution in [2.75, 3.05) is 5.75 Å². The second kappa shape index (κ2) is 3.73. The van der Waals surface area contributed by atoms with Gasteiger partial charge in [-0.05, 0) is 31.9 Å². The maximum Gasteiger partial charge on any atom is 0.117 e. The Morgan fingerprint density at radius 2 is 2.21 bits per heavy atom. The third-order valence-corrected chi connectivity index (χ3v) is 3.44. The Balaban J connectivity index is 2.37. The molecule has 1 aliphatic rings. The molecule has 0 spiro atoms. The van der Waals surface area contributed by atoms with E-state index in [1.165, 1.54) is 11.1 Å². The van der Waals surface area contributed by atoms with Crippen LogP contribution in [0.15, 0.2) is 17.3 Å². The highest BCUT2D eigenvalue weighted by Crippen LogP contribution is 2.23. The van der Waals surface area contributed by atoms with Crippen molar-refractivity contribution in [3.63, 3.8) is 0 Å². The number of rotatable bonds is 1. The molecule has 2 rings (SSSR count). The number of aromatic nitrogens is 1. The lowest BCUT2D eigenvalue weighted by Gasteiger charge is -2.03. The molecule has 0 fully saturated rings. The van der Waals surface area contributed by atoms with Crippen LogP contribution >= 0.6 is 11.8 Å². The standard InChI is InChI=1S/C11H14N2S/c1-7-4-8(2)10(12-5-7)11-13-9(3)6-14-11/h4-5,9H,6H2,1-3H3/t9-/m1/s1. The third kappa shape index (κ3) is 1.82. The van der Waals surface area contributed by atoms with Gasteiger partial charge in [-0.15, -0.1) is 11.8 Å². The van der Waals surface area contributed by atoms with Crippen molar-refractivity contribution in [1.29, 1.82) is 0 Å². The first-order chi connectivity index (χ1) is 6.66. The van der Waals surface area contributed by atoms with Crippen molar-refractivity contribution in [2.24, 2.45) is 4.99 Å². The molecule has 1 aromatic rings. The number of thioether (sulfide) groups is 1. The zero-order valence-electron chi connectivity index (χ0n) is 8.74. The molecular weight excluding hydrogens is 192 g/mol. The number of hydrogen-bond acceptors (Lipinski definition) is 3. The average Bonchev–Trinajstić information content (AvgIpc) is 2.51. The molecule has 74 valence electrons. The maximum atomic E-state index is 4.57. The predicted molar refractivity (Wildman–Crippen MR) is 62.2 cm³/mol. The second-order valence-electron chi connectivity index (χ2n) is 3.77. The Bertz CT molecular complexity index is 385. The van der Waals surface area contributed by atoms with Crippen molar-refractivity contribution in [2.45, 2.75) is 26.8 Å². The van der Waals surface area contributed by atoms with E-state index in [1.54, 1.807) is 0 Å². The topological polar surface area (TPSA) is 25.2 Å². The van der Waals surface area contributed by atoms with Gasteiger partial charge in [0.15, 0.2) is 0 Å². The van der Waals surface area contributed by atoms with Crippen LogP contribution in [-0.4, -0.2) is 21.8 Å². The van der Waals surface area contributed by atoms with Crippen LogP contribution in [0.1, 0.15) is 23.7 Å². The molecule has 0 aromatic carbocycles. The van der Waals surface area contributed by atoms with Gasteiger partial charge in [-0.3, -0.25) is 9.98 Å². The molecule has 14 heavy (non-hydrogen) atoms. The smallest absolute Gasteiger partial charge is 0.117 e. The van der Waals surface area contributed by atoms with Gasteiger partial charge in [-0.2, -0.15) is 0 Å². The Morgan fingerprint density at radius 1 is 1.43 bits per heavy atom. The molecule has 1 aliphatic heterocycles. The summed E-state index contributed by atoms with van der Waals surface area (Å²) in [6.45, 7) is 6.31. The summed E-state index contributed by atoms with van der Waals surface area (Å²) >= 11 is 1.81. The predicted octanol–water partition coefficient (Wildman–Crippen LogP) is 2.58. The fourth-order valence-electron chi connectivity index (χ4n) is 1.54.